The van der Waals surface area contributed by atoms with Gasteiger partial charge in [-0.05, 0) is 57.1 Å². The molecule has 0 bridgehead atoms. The fourth-order valence-electron chi connectivity index (χ4n) is 4.99. The fraction of sp³-hybridized carbons (Fsp3) is 0.727. The molecule has 154 valence electrons. The molecule has 1 aliphatic carbocycles. The first kappa shape index (κ1) is 19.5. The van der Waals surface area contributed by atoms with E-state index in [-0.39, 0.29) is 12.1 Å². The maximum Gasteiger partial charge on any atom is 0.315 e. The second-order valence-electron chi connectivity index (χ2n) is 8.82. The van der Waals surface area contributed by atoms with E-state index in [0.717, 1.165) is 63.7 Å². The van der Waals surface area contributed by atoms with Gasteiger partial charge in [0.2, 0.25) is 0 Å². The summed E-state index contributed by atoms with van der Waals surface area (Å²) in [5, 5.41) is 6.43. The van der Waals surface area contributed by atoms with Crippen LogP contribution in [0.4, 0.5) is 10.6 Å². The van der Waals surface area contributed by atoms with Crippen LogP contribution in [0.25, 0.3) is 0 Å². The number of likely N-dealkylation sites (tertiary alicyclic amines) is 1. The Kier molecular flexibility index (Phi) is 6.35. The van der Waals surface area contributed by atoms with E-state index in [1.807, 2.05) is 6.20 Å². The van der Waals surface area contributed by atoms with Gasteiger partial charge >= 0.3 is 6.03 Å². The molecule has 0 atom stereocenters. The molecule has 1 aromatic rings. The number of nitrogens with one attached hydrogen (secondary N) is 2. The number of rotatable bonds is 4. The van der Waals surface area contributed by atoms with Gasteiger partial charge in [-0.25, -0.2) is 9.78 Å². The monoisotopic (exact) mass is 385 g/mol. The minimum atomic E-state index is 0.0197. The summed E-state index contributed by atoms with van der Waals surface area (Å²) in [7, 11) is 0. The normalized spacial score (nSPS) is 23.1. The summed E-state index contributed by atoms with van der Waals surface area (Å²) in [4.78, 5) is 21.9. The Hall–Kier alpha value is -1.82. The number of aromatic nitrogens is 1. The molecule has 3 aliphatic rings. The number of aryl methyl sites for hydroxylation is 1. The summed E-state index contributed by atoms with van der Waals surface area (Å²) >= 11 is 0. The van der Waals surface area contributed by atoms with Gasteiger partial charge < -0.3 is 20.4 Å². The minimum absolute atomic E-state index is 0.0197. The Labute approximate surface area is 169 Å². The predicted molar refractivity (Wildman–Crippen MR) is 113 cm³/mol. The lowest BCUT2D eigenvalue weighted by Crippen LogP contribution is -2.53. The summed E-state index contributed by atoms with van der Waals surface area (Å²) in [6, 6.07) is 5.62. The van der Waals surface area contributed by atoms with E-state index in [9.17, 15) is 4.79 Å². The highest BCUT2D eigenvalue weighted by Gasteiger charge is 2.28. The van der Waals surface area contributed by atoms with Crippen molar-refractivity contribution in [2.75, 3.05) is 31.1 Å². The molecule has 2 aliphatic heterocycles. The number of urea groups is 1. The zero-order valence-electron chi connectivity index (χ0n) is 17.2. The van der Waals surface area contributed by atoms with Crippen molar-refractivity contribution >= 4 is 11.8 Å². The van der Waals surface area contributed by atoms with Crippen LogP contribution in [0.3, 0.4) is 0 Å². The van der Waals surface area contributed by atoms with Crippen molar-refractivity contribution in [1.82, 2.24) is 20.5 Å². The number of piperidine rings is 2. The largest absolute Gasteiger partial charge is 0.356 e. The molecule has 3 fully saturated rings. The average molecular weight is 386 g/mol. The third-order valence-electron chi connectivity index (χ3n) is 6.76. The van der Waals surface area contributed by atoms with E-state index in [2.05, 4.69) is 44.5 Å². The summed E-state index contributed by atoms with van der Waals surface area (Å²) in [5.74, 6) is 1.04. The highest BCUT2D eigenvalue weighted by molar-refractivity contribution is 5.74. The van der Waals surface area contributed by atoms with Crippen molar-refractivity contribution < 1.29 is 4.79 Å². The van der Waals surface area contributed by atoms with Crippen LogP contribution in [0, 0.1) is 6.92 Å². The van der Waals surface area contributed by atoms with Crippen molar-refractivity contribution in [2.45, 2.75) is 76.4 Å². The Morgan fingerprint density at radius 1 is 0.929 bits per heavy atom. The van der Waals surface area contributed by atoms with Gasteiger partial charge in [-0.3, -0.25) is 0 Å². The van der Waals surface area contributed by atoms with E-state index in [1.54, 1.807) is 0 Å². The maximum absolute atomic E-state index is 12.4. The molecule has 4 rings (SSSR count). The smallest absolute Gasteiger partial charge is 0.315 e. The summed E-state index contributed by atoms with van der Waals surface area (Å²) in [5.41, 5.74) is 1.19. The van der Waals surface area contributed by atoms with Crippen LogP contribution < -0.4 is 15.5 Å². The second-order valence-corrected chi connectivity index (χ2v) is 8.82. The number of pyridine rings is 1. The molecule has 6 heteroatoms. The van der Waals surface area contributed by atoms with Crippen LogP contribution >= 0.6 is 0 Å². The number of amides is 2. The number of carbonyl (C=O) groups is 1. The molecule has 1 saturated carbocycles. The van der Waals surface area contributed by atoms with Gasteiger partial charge in [0.1, 0.15) is 5.82 Å². The lowest BCUT2D eigenvalue weighted by Gasteiger charge is -2.37. The van der Waals surface area contributed by atoms with Crippen molar-refractivity contribution in [3.05, 3.63) is 23.9 Å². The third kappa shape index (κ3) is 4.96. The lowest BCUT2D eigenvalue weighted by atomic mass is 10.0. The van der Waals surface area contributed by atoms with Gasteiger partial charge in [0.15, 0.2) is 0 Å². The Morgan fingerprint density at radius 2 is 1.54 bits per heavy atom. The summed E-state index contributed by atoms with van der Waals surface area (Å²) in [6.45, 7) is 6.22. The third-order valence-corrected chi connectivity index (χ3v) is 6.76. The molecule has 0 spiro atoms. The number of carbonyl (C=O) groups excluding carboxylic acids is 1. The SMILES string of the molecule is Cc1ccc(N2CCC(NC(=O)NC3CCN(C4CCCC4)CC3)CC2)nc1. The Bertz CT molecular complexity index is 627. The number of anilines is 1. The average Bonchev–Trinajstić information content (AvgIpc) is 3.25. The van der Waals surface area contributed by atoms with Crippen molar-refractivity contribution in [3.63, 3.8) is 0 Å². The molecule has 3 heterocycles. The zero-order valence-corrected chi connectivity index (χ0v) is 17.2. The standard InChI is InChI=1S/C22H35N5O/c1-17-6-7-21(23-16-17)27-14-10-19(11-15-27)25-22(28)24-18-8-12-26(13-9-18)20-4-2-3-5-20/h6-7,16,18-20H,2-5,8-15H2,1H3,(H2,24,25,28). The van der Waals surface area contributed by atoms with E-state index in [4.69, 9.17) is 0 Å². The molecule has 0 radical (unpaired) electrons. The highest BCUT2D eigenvalue weighted by atomic mass is 16.2. The zero-order chi connectivity index (χ0) is 19.3. The van der Waals surface area contributed by atoms with E-state index in [1.165, 1.54) is 31.2 Å². The van der Waals surface area contributed by atoms with Gasteiger partial charge in [-0.2, -0.15) is 0 Å². The van der Waals surface area contributed by atoms with Gasteiger partial charge in [-0.1, -0.05) is 18.9 Å². The first-order valence-electron chi connectivity index (χ1n) is 11.2. The molecular weight excluding hydrogens is 350 g/mol. The molecule has 28 heavy (non-hydrogen) atoms. The van der Waals surface area contributed by atoms with Crippen molar-refractivity contribution in [3.8, 4) is 0 Å². The first-order valence-corrected chi connectivity index (χ1v) is 11.2. The van der Waals surface area contributed by atoms with E-state index in [0.29, 0.717) is 6.04 Å². The van der Waals surface area contributed by atoms with Crippen LogP contribution in [0.15, 0.2) is 18.3 Å². The number of nitrogens with zero attached hydrogens (tertiary/aromatic N) is 3. The summed E-state index contributed by atoms with van der Waals surface area (Å²) < 4.78 is 0. The van der Waals surface area contributed by atoms with Crippen molar-refractivity contribution in [1.29, 1.82) is 0 Å². The van der Waals surface area contributed by atoms with Crippen molar-refractivity contribution in [2.24, 2.45) is 0 Å². The Balaban J connectivity index is 1.15. The van der Waals surface area contributed by atoms with E-state index >= 15 is 0 Å². The molecular formula is C22H35N5O. The molecule has 0 unspecified atom stereocenters. The fourth-order valence-corrected chi connectivity index (χ4v) is 4.99. The molecule has 2 saturated heterocycles. The molecule has 1 aromatic heterocycles. The first-order chi connectivity index (χ1) is 13.7. The van der Waals surface area contributed by atoms with E-state index < -0.39 is 0 Å². The minimum Gasteiger partial charge on any atom is -0.356 e. The Morgan fingerprint density at radius 3 is 2.11 bits per heavy atom. The highest BCUT2D eigenvalue weighted by Crippen LogP contribution is 2.26. The van der Waals surface area contributed by atoms with Gasteiger partial charge in [0.25, 0.3) is 0 Å². The van der Waals surface area contributed by atoms with Crippen LogP contribution in [0.2, 0.25) is 0 Å². The lowest BCUT2D eigenvalue weighted by molar-refractivity contribution is 0.145. The quantitative estimate of drug-likeness (QED) is 0.836. The topological polar surface area (TPSA) is 60.5 Å². The molecule has 2 N–H and O–H groups in total. The van der Waals surface area contributed by atoms with Crippen LogP contribution in [0.5, 0.6) is 0 Å². The number of hydrogen-bond donors (Lipinski definition) is 2. The number of hydrogen-bond acceptors (Lipinski definition) is 4. The maximum atomic E-state index is 12.4. The molecule has 6 nitrogen and oxygen atoms in total. The van der Waals surface area contributed by atoms with Crippen LogP contribution in [-0.2, 0) is 0 Å². The molecule has 0 aromatic carbocycles. The predicted octanol–water partition coefficient (Wildman–Crippen LogP) is 3.07. The van der Waals surface area contributed by atoms with Crippen LogP contribution in [-0.4, -0.2) is 60.2 Å². The second kappa shape index (κ2) is 9.12. The molecule has 2 amide bonds. The van der Waals surface area contributed by atoms with Gasteiger partial charge in [0.05, 0.1) is 0 Å². The van der Waals surface area contributed by atoms with Gasteiger partial charge in [-0.15, -0.1) is 0 Å². The van der Waals surface area contributed by atoms with Crippen LogP contribution in [0.1, 0.15) is 56.9 Å². The van der Waals surface area contributed by atoms with Gasteiger partial charge in [0, 0.05) is 50.5 Å². The summed E-state index contributed by atoms with van der Waals surface area (Å²) in [6.07, 6.45) is 11.6.